The Morgan fingerprint density at radius 3 is 2.72 bits per heavy atom. The van der Waals surface area contributed by atoms with Crippen LogP contribution in [0.2, 0.25) is 4.34 Å². The molecule has 0 atom stereocenters. The molecule has 9 heteroatoms. The molecule has 0 saturated carbocycles. The van der Waals surface area contributed by atoms with Crippen LogP contribution in [0.5, 0.6) is 5.75 Å². The Hall–Kier alpha value is -0.830. The third-order valence-electron chi connectivity index (χ3n) is 2.10. The zero-order valence-corrected chi connectivity index (χ0v) is 12.9. The summed E-state index contributed by atoms with van der Waals surface area (Å²) in [6.07, 6.45) is 1.51. The van der Waals surface area contributed by atoms with Gasteiger partial charge in [0, 0.05) is 16.6 Å². The second-order valence-electron chi connectivity index (χ2n) is 3.69. The first kappa shape index (κ1) is 13.6. The fourth-order valence-electron chi connectivity index (χ4n) is 1.27. The summed E-state index contributed by atoms with van der Waals surface area (Å²) in [5, 5.41) is 11.5. The van der Waals surface area contributed by atoms with E-state index in [2.05, 4.69) is 13.8 Å². The summed E-state index contributed by atoms with van der Waals surface area (Å²) < 4.78 is 22.4. The summed E-state index contributed by atoms with van der Waals surface area (Å²) in [5.74, 6) is 0.252. The van der Waals surface area contributed by atoms with Crippen molar-refractivity contribution in [3.05, 3.63) is 20.7 Å². The molecule has 2 heterocycles. The summed E-state index contributed by atoms with van der Waals surface area (Å²) in [6, 6.07) is 1.75. The van der Waals surface area contributed by atoms with Crippen molar-refractivity contribution in [1.29, 1.82) is 0 Å². The molecular weight excluding hydrogens is 314 g/mol. The summed E-state index contributed by atoms with van der Waals surface area (Å²) in [4.78, 5) is 0.672. The number of hydrogen-bond donors (Lipinski definition) is 4. The quantitative estimate of drug-likeness (QED) is 0.653. The maximum Gasteiger partial charge on any atom is 0.193 e. The van der Waals surface area contributed by atoms with Crippen molar-refractivity contribution < 1.29 is 9.32 Å². The molecule has 0 unspecified atom stereocenters. The number of nitrogens with one attached hydrogen (secondary N) is 2. The number of thiol groups is 1. The third-order valence-corrected chi connectivity index (χ3v) is 5.32. The molecule has 2 aromatic rings. The average Bonchev–Trinajstić information content (AvgIpc) is 2.79. The molecule has 0 aliphatic heterocycles. The van der Waals surface area contributed by atoms with Crippen LogP contribution in [-0.2, 0) is 10.3 Å². The van der Waals surface area contributed by atoms with E-state index in [1.54, 1.807) is 18.4 Å². The van der Waals surface area contributed by atoms with E-state index < -0.39 is 10.3 Å². The van der Waals surface area contributed by atoms with Crippen molar-refractivity contribution in [3.63, 3.8) is 0 Å². The monoisotopic (exact) mass is 325 g/mol. The van der Waals surface area contributed by atoms with Gasteiger partial charge in [-0.15, -0.1) is 11.3 Å². The number of rotatable bonds is 4. The molecule has 18 heavy (non-hydrogen) atoms. The molecule has 0 radical (unpaired) electrons. The number of thiophene rings is 1. The molecule has 0 bridgehead atoms. The molecular formula is C9H12ClN3O2S3. The highest BCUT2D eigenvalue weighted by Crippen LogP contribution is 2.33. The number of aromatic hydroxyl groups is 1. The highest BCUT2D eigenvalue weighted by Gasteiger charge is 2.16. The van der Waals surface area contributed by atoms with Crippen LogP contribution in [0, 0.1) is 6.92 Å². The zero-order valence-electron chi connectivity index (χ0n) is 9.60. The first-order valence-corrected chi connectivity index (χ1v) is 9.10. The van der Waals surface area contributed by atoms with Crippen LogP contribution in [0.25, 0.3) is 0 Å². The topological polar surface area (TPSA) is 74.2 Å². The summed E-state index contributed by atoms with van der Waals surface area (Å²) >= 11 is 8.43. The third kappa shape index (κ3) is 2.94. The Balaban J connectivity index is 2.15. The van der Waals surface area contributed by atoms with Crippen LogP contribution >= 0.6 is 34.5 Å². The zero-order chi connectivity index (χ0) is 13.3. The second kappa shape index (κ2) is 5.04. The molecule has 0 aromatic carbocycles. The molecule has 0 fully saturated rings. The van der Waals surface area contributed by atoms with E-state index in [0.717, 1.165) is 11.5 Å². The van der Waals surface area contributed by atoms with Gasteiger partial charge in [-0.05, 0) is 29.9 Å². The lowest BCUT2D eigenvalue weighted by Gasteiger charge is -2.22. The number of halogens is 1. The van der Waals surface area contributed by atoms with E-state index in [1.807, 2.05) is 0 Å². The van der Waals surface area contributed by atoms with Gasteiger partial charge in [0.2, 0.25) is 0 Å². The first-order chi connectivity index (χ1) is 8.39. The van der Waals surface area contributed by atoms with Gasteiger partial charge in [0.05, 0.1) is 10.6 Å². The van der Waals surface area contributed by atoms with Crippen molar-refractivity contribution >= 4 is 56.3 Å². The summed E-state index contributed by atoms with van der Waals surface area (Å²) in [5.41, 5.74) is 0.603. The van der Waals surface area contributed by atoms with E-state index in [4.69, 9.17) is 11.6 Å². The van der Waals surface area contributed by atoms with E-state index in [1.165, 1.54) is 17.6 Å². The number of aryl methyl sites for hydroxylation is 1. The summed E-state index contributed by atoms with van der Waals surface area (Å²) in [7, 11) is -2.94. The molecule has 0 aliphatic rings. The van der Waals surface area contributed by atoms with Gasteiger partial charge in [-0.25, -0.2) is 4.21 Å². The molecule has 3 N–H and O–H groups in total. The van der Waals surface area contributed by atoms with Gasteiger partial charge in [-0.2, -0.15) is 4.37 Å². The number of hydrogen-bond acceptors (Lipinski definition) is 5. The minimum absolute atomic E-state index is 0.0280. The molecule has 0 aliphatic carbocycles. The fourth-order valence-corrected chi connectivity index (χ4v) is 4.12. The molecule has 5 nitrogen and oxygen atoms in total. The normalized spacial score (nSPS) is 12.4. The van der Waals surface area contributed by atoms with Gasteiger partial charge in [0.1, 0.15) is 4.34 Å². The molecule has 0 amide bonds. The second-order valence-corrected chi connectivity index (χ2v) is 8.48. The van der Waals surface area contributed by atoms with Crippen molar-refractivity contribution in [2.75, 3.05) is 15.7 Å². The van der Waals surface area contributed by atoms with Crippen LogP contribution in [0.1, 0.15) is 4.88 Å². The maximum absolute atomic E-state index is 12.3. The molecule has 0 spiro atoms. The van der Waals surface area contributed by atoms with Gasteiger partial charge in [0.25, 0.3) is 0 Å². The van der Waals surface area contributed by atoms with Crippen LogP contribution in [0.15, 0.2) is 11.4 Å². The number of anilines is 2. The highest BCUT2D eigenvalue weighted by atomic mass is 35.5. The number of nitrogens with zero attached hydrogens (tertiary/aromatic N) is 1. The smallest absolute Gasteiger partial charge is 0.193 e. The molecule has 2 rings (SSSR count). The Morgan fingerprint density at radius 2 is 2.22 bits per heavy atom. The predicted octanol–water partition coefficient (Wildman–Crippen LogP) is 2.87. The minimum Gasteiger partial charge on any atom is -0.503 e. The average molecular weight is 326 g/mol. The lowest BCUT2D eigenvalue weighted by molar-refractivity contribution is 0.475. The fraction of sp³-hybridized carbons (Fsp3) is 0.222. The van der Waals surface area contributed by atoms with Crippen LogP contribution in [-0.4, -0.2) is 19.9 Å². The molecule has 0 saturated heterocycles. The van der Waals surface area contributed by atoms with Gasteiger partial charge in [-0.1, -0.05) is 11.6 Å². The first-order valence-electron chi connectivity index (χ1n) is 4.91. The summed E-state index contributed by atoms with van der Waals surface area (Å²) in [6.45, 7) is 1.74. The van der Waals surface area contributed by atoms with E-state index in [0.29, 0.717) is 14.9 Å². The Kier molecular flexibility index (Phi) is 3.81. The predicted molar refractivity (Wildman–Crippen MR) is 80.6 cm³/mol. The van der Waals surface area contributed by atoms with Crippen LogP contribution < -0.4 is 9.44 Å². The maximum atomic E-state index is 12.3. The lowest BCUT2D eigenvalue weighted by atomic mass is 10.5. The number of aromatic nitrogens is 1. The standard InChI is InChI=1S/C9H12ClN3O2S3/c1-5-7(14)9(11-17-5)13-18(2,15)12-6-3-4-16-8(6)10/h3-4,14,18H,1-2H3,(H2,11,12,13,15). The van der Waals surface area contributed by atoms with Crippen molar-refractivity contribution in [2.24, 2.45) is 0 Å². The minimum atomic E-state index is -2.94. The Morgan fingerprint density at radius 1 is 1.50 bits per heavy atom. The van der Waals surface area contributed by atoms with Crippen molar-refractivity contribution in [2.45, 2.75) is 6.92 Å². The lowest BCUT2D eigenvalue weighted by Crippen LogP contribution is -2.29. The molecule has 2 aromatic heterocycles. The SMILES string of the molecule is Cc1snc(N[SH](C)(=O)Nc2ccsc2Cl)c1O. The van der Waals surface area contributed by atoms with Crippen LogP contribution in [0.4, 0.5) is 11.5 Å². The van der Waals surface area contributed by atoms with Crippen LogP contribution in [0.3, 0.4) is 0 Å². The van der Waals surface area contributed by atoms with E-state index >= 15 is 0 Å². The molecule has 100 valence electrons. The highest BCUT2D eigenvalue weighted by molar-refractivity contribution is 8.04. The Bertz CT molecular complexity index is 610. The van der Waals surface area contributed by atoms with Gasteiger partial charge < -0.3 is 9.83 Å². The van der Waals surface area contributed by atoms with E-state index in [9.17, 15) is 9.32 Å². The van der Waals surface area contributed by atoms with Gasteiger partial charge in [0.15, 0.2) is 11.6 Å². The van der Waals surface area contributed by atoms with Crippen molar-refractivity contribution in [3.8, 4) is 5.75 Å². The Labute approximate surface area is 119 Å². The van der Waals surface area contributed by atoms with Crippen molar-refractivity contribution in [1.82, 2.24) is 4.37 Å². The van der Waals surface area contributed by atoms with E-state index in [-0.39, 0.29) is 11.6 Å². The largest absolute Gasteiger partial charge is 0.503 e. The van der Waals surface area contributed by atoms with Gasteiger partial charge in [-0.3, -0.25) is 4.72 Å². The van der Waals surface area contributed by atoms with Gasteiger partial charge >= 0.3 is 0 Å².